The second kappa shape index (κ2) is 3.18. The van der Waals surface area contributed by atoms with Crippen molar-refractivity contribution in [2.24, 2.45) is 0 Å². The van der Waals surface area contributed by atoms with Gasteiger partial charge in [-0.15, -0.1) is 0 Å². The number of rotatable bonds is 2. The number of hydrogen-bond donors (Lipinski definition) is 0. The predicted molar refractivity (Wildman–Crippen MR) is 35.4 cm³/mol. The maximum Gasteiger partial charge on any atom is 0.305 e. The lowest BCUT2D eigenvalue weighted by Crippen LogP contribution is -2.14. The van der Waals surface area contributed by atoms with Gasteiger partial charge < -0.3 is 9.47 Å². The van der Waals surface area contributed by atoms with Crippen LogP contribution in [0.25, 0.3) is 0 Å². The van der Waals surface area contributed by atoms with Gasteiger partial charge in [-0.3, -0.25) is 9.59 Å². The first kappa shape index (κ1) is 7.78. The van der Waals surface area contributed by atoms with Gasteiger partial charge in [-0.2, -0.15) is 0 Å². The minimum atomic E-state index is -0.604. The number of aldehydes is 1. The molecular formula is C7H8O4. The van der Waals surface area contributed by atoms with E-state index >= 15 is 0 Å². The summed E-state index contributed by atoms with van der Waals surface area (Å²) in [5.41, 5.74) is 0.510. The number of carbonyl (C=O) groups excluding carboxylic acids is 2. The molecule has 1 rings (SSSR count). The highest BCUT2D eigenvalue weighted by Gasteiger charge is 2.19. The summed E-state index contributed by atoms with van der Waals surface area (Å²) in [7, 11) is 0. The van der Waals surface area contributed by atoms with E-state index in [1.54, 1.807) is 0 Å². The summed E-state index contributed by atoms with van der Waals surface area (Å²) in [4.78, 5) is 20.5. The smallest absolute Gasteiger partial charge is 0.305 e. The molecule has 1 aliphatic heterocycles. The third-order valence-corrected chi connectivity index (χ3v) is 1.22. The van der Waals surface area contributed by atoms with Crippen molar-refractivity contribution in [2.75, 3.05) is 0 Å². The Labute approximate surface area is 63.8 Å². The van der Waals surface area contributed by atoms with Gasteiger partial charge in [0.15, 0.2) is 0 Å². The van der Waals surface area contributed by atoms with Gasteiger partial charge in [-0.25, -0.2) is 0 Å². The van der Waals surface area contributed by atoms with Crippen LogP contribution in [0.4, 0.5) is 0 Å². The predicted octanol–water partition coefficient (Wildman–Crippen LogP) is 0.379. The molecule has 0 aliphatic carbocycles. The zero-order valence-corrected chi connectivity index (χ0v) is 6.07. The topological polar surface area (TPSA) is 52.6 Å². The molecule has 0 saturated heterocycles. The molecule has 0 amide bonds. The van der Waals surface area contributed by atoms with Crippen LogP contribution in [-0.4, -0.2) is 18.5 Å². The fourth-order valence-corrected chi connectivity index (χ4v) is 0.782. The van der Waals surface area contributed by atoms with E-state index in [9.17, 15) is 9.59 Å². The van der Waals surface area contributed by atoms with Crippen molar-refractivity contribution in [3.8, 4) is 0 Å². The third-order valence-electron chi connectivity index (χ3n) is 1.22. The highest BCUT2D eigenvalue weighted by atomic mass is 16.7. The molecule has 0 aromatic carbocycles. The van der Waals surface area contributed by atoms with Crippen LogP contribution in [0.1, 0.15) is 13.3 Å². The van der Waals surface area contributed by atoms with Crippen molar-refractivity contribution in [2.45, 2.75) is 19.6 Å². The lowest BCUT2D eigenvalue weighted by Gasteiger charge is -2.08. The van der Waals surface area contributed by atoms with Crippen molar-refractivity contribution in [3.63, 3.8) is 0 Å². The maximum absolute atomic E-state index is 10.4. The Balaban J connectivity index is 2.35. The van der Waals surface area contributed by atoms with Gasteiger partial charge >= 0.3 is 5.97 Å². The van der Waals surface area contributed by atoms with Gasteiger partial charge in [0.1, 0.15) is 6.29 Å². The quantitative estimate of drug-likeness (QED) is 0.428. The number of hydrogen-bond acceptors (Lipinski definition) is 4. The van der Waals surface area contributed by atoms with Gasteiger partial charge in [-0.1, -0.05) is 0 Å². The standard InChI is InChI=1S/C7H8O4/c1-5(9)11-7-2-6(3-8)4-10-7/h3-4,7H,2H2,1H3. The molecule has 11 heavy (non-hydrogen) atoms. The van der Waals surface area contributed by atoms with Gasteiger partial charge in [0.25, 0.3) is 0 Å². The monoisotopic (exact) mass is 156 g/mol. The molecule has 1 unspecified atom stereocenters. The van der Waals surface area contributed by atoms with Crippen LogP contribution in [0.2, 0.25) is 0 Å². The SMILES string of the molecule is CC(=O)OC1CC(C=O)=CO1. The summed E-state index contributed by atoms with van der Waals surface area (Å²) >= 11 is 0. The fourth-order valence-electron chi connectivity index (χ4n) is 0.782. The molecule has 0 aromatic heterocycles. The first-order valence-corrected chi connectivity index (χ1v) is 3.19. The molecule has 0 radical (unpaired) electrons. The Morgan fingerprint density at radius 2 is 2.64 bits per heavy atom. The minimum absolute atomic E-state index is 0.350. The van der Waals surface area contributed by atoms with E-state index in [4.69, 9.17) is 4.74 Å². The second-order valence-electron chi connectivity index (χ2n) is 2.19. The van der Waals surface area contributed by atoms with Crippen LogP contribution in [0.15, 0.2) is 11.8 Å². The van der Waals surface area contributed by atoms with Crippen molar-refractivity contribution in [3.05, 3.63) is 11.8 Å². The molecule has 1 atom stereocenters. The van der Waals surface area contributed by atoms with E-state index in [2.05, 4.69) is 4.74 Å². The van der Waals surface area contributed by atoms with Gasteiger partial charge in [-0.05, 0) is 0 Å². The van der Waals surface area contributed by atoms with Crippen molar-refractivity contribution in [1.82, 2.24) is 0 Å². The lowest BCUT2D eigenvalue weighted by molar-refractivity contribution is -0.163. The lowest BCUT2D eigenvalue weighted by atomic mass is 10.2. The average Bonchev–Trinajstić information content (AvgIpc) is 2.34. The highest BCUT2D eigenvalue weighted by Crippen LogP contribution is 2.16. The molecule has 60 valence electrons. The molecule has 0 bridgehead atoms. The van der Waals surface area contributed by atoms with E-state index in [0.29, 0.717) is 18.3 Å². The Bertz CT molecular complexity index is 206. The van der Waals surface area contributed by atoms with E-state index in [1.807, 2.05) is 0 Å². The second-order valence-corrected chi connectivity index (χ2v) is 2.19. The maximum atomic E-state index is 10.4. The zero-order chi connectivity index (χ0) is 8.27. The van der Waals surface area contributed by atoms with E-state index in [1.165, 1.54) is 13.2 Å². The van der Waals surface area contributed by atoms with Gasteiger partial charge in [0, 0.05) is 12.5 Å². The first-order chi connectivity index (χ1) is 5.22. The van der Waals surface area contributed by atoms with E-state index < -0.39 is 12.3 Å². The summed E-state index contributed by atoms with van der Waals surface area (Å²) in [6.07, 6.45) is 1.74. The molecule has 0 fully saturated rings. The molecule has 0 aromatic rings. The normalized spacial score (nSPS) is 21.9. The summed E-state index contributed by atoms with van der Waals surface area (Å²) in [6.45, 7) is 1.29. The molecule has 0 N–H and O–H groups in total. The Kier molecular flexibility index (Phi) is 2.25. The third kappa shape index (κ3) is 2.07. The van der Waals surface area contributed by atoms with Gasteiger partial charge in [0.2, 0.25) is 6.29 Å². The largest absolute Gasteiger partial charge is 0.462 e. The summed E-state index contributed by atoms with van der Waals surface area (Å²) in [5.74, 6) is -0.407. The Morgan fingerprint density at radius 3 is 3.09 bits per heavy atom. The van der Waals surface area contributed by atoms with Crippen LogP contribution in [0.5, 0.6) is 0 Å². The van der Waals surface area contributed by atoms with Crippen molar-refractivity contribution in [1.29, 1.82) is 0 Å². The molecular weight excluding hydrogens is 148 g/mol. The number of carbonyl (C=O) groups is 2. The van der Waals surface area contributed by atoms with E-state index in [0.717, 1.165) is 0 Å². The van der Waals surface area contributed by atoms with Crippen LogP contribution >= 0.6 is 0 Å². The molecule has 4 nitrogen and oxygen atoms in total. The van der Waals surface area contributed by atoms with Crippen molar-refractivity contribution < 1.29 is 19.1 Å². The van der Waals surface area contributed by atoms with Crippen LogP contribution in [0, 0.1) is 0 Å². The average molecular weight is 156 g/mol. The molecule has 0 saturated carbocycles. The Hall–Kier alpha value is -1.32. The van der Waals surface area contributed by atoms with Crippen LogP contribution in [0.3, 0.4) is 0 Å². The first-order valence-electron chi connectivity index (χ1n) is 3.19. The van der Waals surface area contributed by atoms with Crippen LogP contribution < -0.4 is 0 Å². The zero-order valence-electron chi connectivity index (χ0n) is 6.07. The number of esters is 1. The summed E-state index contributed by atoms with van der Waals surface area (Å²) in [6, 6.07) is 0. The van der Waals surface area contributed by atoms with Crippen LogP contribution in [-0.2, 0) is 19.1 Å². The van der Waals surface area contributed by atoms with E-state index in [-0.39, 0.29) is 0 Å². The van der Waals surface area contributed by atoms with Crippen molar-refractivity contribution >= 4 is 12.3 Å². The highest BCUT2D eigenvalue weighted by molar-refractivity contribution is 5.73. The van der Waals surface area contributed by atoms with Gasteiger partial charge in [0.05, 0.1) is 12.7 Å². The minimum Gasteiger partial charge on any atom is -0.462 e. The molecule has 1 heterocycles. The summed E-state index contributed by atoms with van der Waals surface area (Å²) in [5, 5.41) is 0. The summed E-state index contributed by atoms with van der Waals surface area (Å²) < 4.78 is 9.50. The molecule has 1 aliphatic rings. The fraction of sp³-hybridized carbons (Fsp3) is 0.429. The molecule has 0 spiro atoms. The Morgan fingerprint density at radius 1 is 1.91 bits per heavy atom. The number of ether oxygens (including phenoxy) is 2. The molecule has 4 heteroatoms.